The Labute approximate surface area is 186 Å². The highest BCUT2D eigenvalue weighted by Crippen LogP contribution is 2.37. The molecule has 3 rings (SSSR count). The molecule has 1 aliphatic carbocycles. The lowest BCUT2D eigenvalue weighted by Crippen LogP contribution is -2.27. The van der Waals surface area contributed by atoms with Gasteiger partial charge in [-0.15, -0.1) is 0 Å². The largest absolute Gasteiger partial charge is 0.482 e. The Bertz CT molecular complexity index is 1080. The smallest absolute Gasteiger partial charge is 0.344 e. The van der Waals surface area contributed by atoms with Gasteiger partial charge < -0.3 is 23.4 Å². The van der Waals surface area contributed by atoms with E-state index < -0.39 is 28.8 Å². The van der Waals surface area contributed by atoms with Crippen molar-refractivity contribution in [2.24, 2.45) is 0 Å². The number of carbonyl (C=O) groups excluding carboxylic acids is 2. The molecule has 0 radical (unpaired) electrons. The van der Waals surface area contributed by atoms with Gasteiger partial charge in [0.25, 0.3) is 0 Å². The second kappa shape index (κ2) is 8.84. The zero-order valence-electron chi connectivity index (χ0n) is 19.5. The SMILES string of the molecule is CC(C)(C)OC(=O)COc1cc(OCC(=O)OC(C)(C)C)c2c3c(c(=O)oc2c1)CCC3. The van der Waals surface area contributed by atoms with Gasteiger partial charge in [0.1, 0.15) is 28.3 Å². The Morgan fingerprint density at radius 2 is 1.44 bits per heavy atom. The van der Waals surface area contributed by atoms with E-state index in [-0.39, 0.29) is 24.5 Å². The average Bonchev–Trinajstić information content (AvgIpc) is 3.12. The molecule has 0 atom stereocenters. The maximum atomic E-state index is 12.4. The monoisotopic (exact) mass is 446 g/mol. The molecule has 1 aromatic carbocycles. The summed E-state index contributed by atoms with van der Waals surface area (Å²) in [5, 5.41) is 0.630. The van der Waals surface area contributed by atoms with E-state index in [4.69, 9.17) is 23.4 Å². The van der Waals surface area contributed by atoms with Crippen LogP contribution in [0.1, 0.15) is 59.1 Å². The van der Waals surface area contributed by atoms with E-state index in [2.05, 4.69) is 0 Å². The van der Waals surface area contributed by atoms with Crippen molar-refractivity contribution in [3.05, 3.63) is 33.7 Å². The number of fused-ring (bicyclic) bond motifs is 3. The van der Waals surface area contributed by atoms with Gasteiger partial charge in [-0.1, -0.05) is 0 Å². The van der Waals surface area contributed by atoms with Gasteiger partial charge in [-0.05, 0) is 66.4 Å². The van der Waals surface area contributed by atoms with Gasteiger partial charge in [0.15, 0.2) is 13.2 Å². The van der Waals surface area contributed by atoms with Gasteiger partial charge in [0.2, 0.25) is 0 Å². The summed E-state index contributed by atoms with van der Waals surface area (Å²) < 4.78 is 27.4. The van der Waals surface area contributed by atoms with Crippen LogP contribution in [0.4, 0.5) is 0 Å². The van der Waals surface area contributed by atoms with Crippen LogP contribution >= 0.6 is 0 Å². The Morgan fingerprint density at radius 3 is 2.03 bits per heavy atom. The van der Waals surface area contributed by atoms with Crippen molar-refractivity contribution in [2.75, 3.05) is 13.2 Å². The van der Waals surface area contributed by atoms with Crippen molar-refractivity contribution in [1.29, 1.82) is 0 Å². The highest BCUT2D eigenvalue weighted by molar-refractivity contribution is 5.90. The van der Waals surface area contributed by atoms with Crippen molar-refractivity contribution in [2.45, 2.75) is 72.0 Å². The van der Waals surface area contributed by atoms with Crippen LogP contribution in [-0.2, 0) is 31.9 Å². The summed E-state index contributed by atoms with van der Waals surface area (Å²) in [6.07, 6.45) is 2.18. The number of carbonyl (C=O) groups is 2. The molecule has 174 valence electrons. The number of benzene rings is 1. The van der Waals surface area contributed by atoms with Crippen molar-refractivity contribution in [3.63, 3.8) is 0 Å². The van der Waals surface area contributed by atoms with E-state index in [9.17, 15) is 14.4 Å². The molecular weight excluding hydrogens is 416 g/mol. The molecule has 1 aliphatic rings. The summed E-state index contributed by atoms with van der Waals surface area (Å²) in [6.45, 7) is 9.95. The fourth-order valence-corrected chi connectivity index (χ4v) is 3.57. The first kappa shape index (κ1) is 23.6. The Kier molecular flexibility index (Phi) is 6.53. The highest BCUT2D eigenvalue weighted by Gasteiger charge is 2.25. The van der Waals surface area contributed by atoms with E-state index >= 15 is 0 Å². The van der Waals surface area contributed by atoms with E-state index in [0.717, 1.165) is 12.0 Å². The molecule has 2 aromatic rings. The molecule has 0 aliphatic heterocycles. The van der Waals surface area contributed by atoms with Crippen molar-refractivity contribution in [1.82, 2.24) is 0 Å². The third-order valence-corrected chi connectivity index (χ3v) is 4.55. The fourth-order valence-electron chi connectivity index (χ4n) is 3.57. The molecule has 8 heteroatoms. The standard InChI is InChI=1S/C24H30O8/c1-23(2,3)31-19(25)12-28-14-10-17(29-13-20(26)32-24(4,5)6)21-15-8-7-9-16(15)22(27)30-18(21)11-14/h10-11H,7-9,12-13H2,1-6H3. The average molecular weight is 446 g/mol. The summed E-state index contributed by atoms with van der Waals surface area (Å²) in [5.41, 5.74) is 0.0772. The zero-order chi connectivity index (χ0) is 23.7. The highest BCUT2D eigenvalue weighted by atomic mass is 16.6. The molecule has 0 saturated carbocycles. The lowest BCUT2D eigenvalue weighted by molar-refractivity contribution is -0.158. The number of rotatable bonds is 6. The molecule has 32 heavy (non-hydrogen) atoms. The molecule has 1 aromatic heterocycles. The number of ether oxygens (including phenoxy) is 4. The van der Waals surface area contributed by atoms with Gasteiger partial charge in [0, 0.05) is 17.7 Å². The quantitative estimate of drug-likeness (QED) is 0.489. The van der Waals surface area contributed by atoms with Crippen LogP contribution in [0.15, 0.2) is 21.3 Å². The lowest BCUT2D eigenvalue weighted by Gasteiger charge is -2.20. The van der Waals surface area contributed by atoms with E-state index in [1.165, 1.54) is 0 Å². The van der Waals surface area contributed by atoms with Crippen molar-refractivity contribution in [3.8, 4) is 11.5 Å². The van der Waals surface area contributed by atoms with E-state index in [0.29, 0.717) is 29.5 Å². The second-order valence-electron chi connectivity index (χ2n) is 9.74. The number of aryl methyl sites for hydroxylation is 1. The molecule has 0 fully saturated rings. The van der Waals surface area contributed by atoms with Crippen LogP contribution in [-0.4, -0.2) is 36.4 Å². The minimum Gasteiger partial charge on any atom is -0.482 e. The molecule has 0 unspecified atom stereocenters. The summed E-state index contributed by atoms with van der Waals surface area (Å²) >= 11 is 0. The summed E-state index contributed by atoms with van der Waals surface area (Å²) in [6, 6.07) is 3.12. The summed E-state index contributed by atoms with van der Waals surface area (Å²) in [4.78, 5) is 36.6. The number of hydrogen-bond donors (Lipinski definition) is 0. The van der Waals surface area contributed by atoms with Crippen LogP contribution in [0.25, 0.3) is 11.0 Å². The van der Waals surface area contributed by atoms with Crippen molar-refractivity contribution >= 4 is 22.9 Å². The minimum atomic E-state index is -0.644. The van der Waals surface area contributed by atoms with Gasteiger partial charge in [-0.25, -0.2) is 14.4 Å². The predicted molar refractivity (Wildman–Crippen MR) is 117 cm³/mol. The first-order valence-electron chi connectivity index (χ1n) is 10.6. The molecule has 0 saturated heterocycles. The normalized spacial score (nSPS) is 13.6. The Morgan fingerprint density at radius 1 is 0.875 bits per heavy atom. The van der Waals surface area contributed by atoms with Crippen LogP contribution in [0, 0.1) is 0 Å². The molecule has 0 bridgehead atoms. The topological polar surface area (TPSA) is 101 Å². The lowest BCUT2D eigenvalue weighted by atomic mass is 10.1. The van der Waals surface area contributed by atoms with Gasteiger partial charge >= 0.3 is 17.6 Å². The minimum absolute atomic E-state index is 0.253. The first-order chi connectivity index (χ1) is 14.8. The third-order valence-electron chi connectivity index (χ3n) is 4.55. The number of hydrogen-bond acceptors (Lipinski definition) is 8. The first-order valence-corrected chi connectivity index (χ1v) is 10.6. The van der Waals surface area contributed by atoms with Gasteiger partial charge in [0.05, 0.1) is 5.39 Å². The zero-order valence-corrected chi connectivity index (χ0v) is 19.5. The van der Waals surface area contributed by atoms with Gasteiger partial charge in [-0.2, -0.15) is 0 Å². The van der Waals surface area contributed by atoms with Crippen LogP contribution in [0.3, 0.4) is 0 Å². The maximum absolute atomic E-state index is 12.4. The molecule has 1 heterocycles. The predicted octanol–water partition coefficient (Wildman–Crippen LogP) is 3.72. The fraction of sp³-hybridized carbons (Fsp3) is 0.542. The number of esters is 2. The molecule has 0 spiro atoms. The third kappa shape index (κ3) is 6.02. The molecule has 0 N–H and O–H groups in total. The maximum Gasteiger partial charge on any atom is 0.344 e. The molecular formula is C24H30O8. The summed E-state index contributed by atoms with van der Waals surface area (Å²) in [5.74, 6) is -0.484. The van der Waals surface area contributed by atoms with Crippen molar-refractivity contribution < 1.29 is 33.0 Å². The molecule has 8 nitrogen and oxygen atoms in total. The van der Waals surface area contributed by atoms with Crippen LogP contribution in [0.2, 0.25) is 0 Å². The van der Waals surface area contributed by atoms with Crippen LogP contribution in [0.5, 0.6) is 11.5 Å². The second-order valence-corrected chi connectivity index (χ2v) is 9.74. The van der Waals surface area contributed by atoms with Gasteiger partial charge in [-0.3, -0.25) is 0 Å². The van der Waals surface area contributed by atoms with Crippen LogP contribution < -0.4 is 15.1 Å². The summed E-state index contributed by atoms with van der Waals surface area (Å²) in [7, 11) is 0. The van der Waals surface area contributed by atoms with E-state index in [1.54, 1.807) is 53.7 Å². The molecule has 0 amide bonds. The van der Waals surface area contributed by atoms with E-state index in [1.807, 2.05) is 0 Å². The Balaban J connectivity index is 1.91. The Hall–Kier alpha value is -3.03.